The van der Waals surface area contributed by atoms with Crippen molar-refractivity contribution in [2.24, 2.45) is 5.92 Å². The fourth-order valence-electron chi connectivity index (χ4n) is 2.03. The van der Waals surface area contributed by atoms with E-state index in [4.69, 9.17) is 9.47 Å². The summed E-state index contributed by atoms with van der Waals surface area (Å²) in [5.41, 5.74) is -0.471. The smallest absolute Gasteiger partial charge is 0.410 e. The molecule has 1 fully saturated rings. The Balaban J connectivity index is 2.37. The molecule has 0 saturated carbocycles. The van der Waals surface area contributed by atoms with Crippen molar-refractivity contribution < 1.29 is 19.1 Å². The Morgan fingerprint density at radius 2 is 2.00 bits per heavy atom. The number of likely N-dealkylation sites (tertiary alicyclic amines) is 1. The molecule has 1 atom stereocenters. The van der Waals surface area contributed by atoms with Gasteiger partial charge >= 0.3 is 6.09 Å². The summed E-state index contributed by atoms with van der Waals surface area (Å²) in [5.74, 6) is 0.328. The van der Waals surface area contributed by atoms with Crippen molar-refractivity contribution in [2.45, 2.75) is 39.2 Å². The average Bonchev–Trinajstić information content (AvgIpc) is 2.63. The molecule has 18 heavy (non-hydrogen) atoms. The molecule has 0 aromatic heterocycles. The van der Waals surface area contributed by atoms with Crippen LogP contribution in [0.4, 0.5) is 4.79 Å². The molecule has 1 unspecified atom stereocenters. The lowest BCUT2D eigenvalue weighted by atomic mass is 10.0. The Morgan fingerprint density at radius 3 is 2.56 bits per heavy atom. The Labute approximate surface area is 108 Å². The lowest BCUT2D eigenvalue weighted by molar-refractivity contribution is -0.123. The number of methoxy groups -OCH3 is 1. The van der Waals surface area contributed by atoms with E-state index in [9.17, 15) is 9.59 Å². The molecular formula is C13H23NO4. The van der Waals surface area contributed by atoms with Crippen LogP contribution in [0.5, 0.6) is 0 Å². The fraction of sp³-hybridized carbons (Fsp3) is 0.846. The van der Waals surface area contributed by atoms with Crippen LogP contribution in [0.3, 0.4) is 0 Å². The van der Waals surface area contributed by atoms with Crippen LogP contribution in [0.25, 0.3) is 0 Å². The third-order valence-electron chi connectivity index (χ3n) is 2.76. The number of ketones is 1. The Hall–Kier alpha value is -1.10. The maximum absolute atomic E-state index is 11.8. The minimum atomic E-state index is -0.471. The molecule has 5 nitrogen and oxygen atoms in total. The van der Waals surface area contributed by atoms with Crippen LogP contribution >= 0.6 is 0 Å². The summed E-state index contributed by atoms with van der Waals surface area (Å²) in [4.78, 5) is 24.9. The molecule has 1 aliphatic rings. The zero-order chi connectivity index (χ0) is 13.8. The summed E-state index contributed by atoms with van der Waals surface area (Å²) in [5, 5.41) is 0. The minimum absolute atomic E-state index is 0.0912. The van der Waals surface area contributed by atoms with Crippen LogP contribution in [0, 0.1) is 5.92 Å². The van der Waals surface area contributed by atoms with Gasteiger partial charge in [-0.2, -0.15) is 0 Å². The monoisotopic (exact) mass is 257 g/mol. The first-order chi connectivity index (χ1) is 8.31. The largest absolute Gasteiger partial charge is 0.444 e. The van der Waals surface area contributed by atoms with Crippen molar-refractivity contribution in [3.63, 3.8) is 0 Å². The maximum Gasteiger partial charge on any atom is 0.410 e. The summed E-state index contributed by atoms with van der Waals surface area (Å²) in [6.45, 7) is 6.97. The molecule has 5 heteroatoms. The van der Waals surface area contributed by atoms with Gasteiger partial charge in [0, 0.05) is 26.6 Å². The number of carbonyl (C=O) groups excluding carboxylic acids is 2. The van der Waals surface area contributed by atoms with Crippen LogP contribution < -0.4 is 0 Å². The number of hydrogen-bond acceptors (Lipinski definition) is 4. The van der Waals surface area contributed by atoms with Gasteiger partial charge in [0.25, 0.3) is 0 Å². The zero-order valence-electron chi connectivity index (χ0n) is 11.7. The molecule has 0 aliphatic carbocycles. The highest BCUT2D eigenvalue weighted by Crippen LogP contribution is 2.22. The second-order valence-electron chi connectivity index (χ2n) is 5.76. The highest BCUT2D eigenvalue weighted by molar-refractivity contribution is 5.80. The van der Waals surface area contributed by atoms with E-state index in [0.717, 1.165) is 6.42 Å². The zero-order valence-corrected chi connectivity index (χ0v) is 11.7. The van der Waals surface area contributed by atoms with Crippen molar-refractivity contribution in [2.75, 3.05) is 26.8 Å². The molecule has 1 heterocycles. The Bertz CT molecular complexity index is 309. The number of carbonyl (C=O) groups is 2. The van der Waals surface area contributed by atoms with Crippen LogP contribution in [0.1, 0.15) is 33.6 Å². The minimum Gasteiger partial charge on any atom is -0.444 e. The maximum atomic E-state index is 11.8. The fourth-order valence-corrected chi connectivity index (χ4v) is 2.03. The SMILES string of the molecule is COCC(=O)CC1CCN(C(=O)OC(C)(C)C)C1. The van der Waals surface area contributed by atoms with Gasteiger partial charge in [0.2, 0.25) is 0 Å². The summed E-state index contributed by atoms with van der Waals surface area (Å²) in [6.07, 6.45) is 1.05. The topological polar surface area (TPSA) is 55.8 Å². The summed E-state index contributed by atoms with van der Waals surface area (Å²) in [7, 11) is 1.51. The molecule has 1 aliphatic heterocycles. The van der Waals surface area contributed by atoms with E-state index in [1.54, 1.807) is 4.90 Å². The van der Waals surface area contributed by atoms with Gasteiger partial charge in [-0.1, -0.05) is 0 Å². The molecule has 1 saturated heterocycles. The van der Waals surface area contributed by atoms with Crippen molar-refractivity contribution >= 4 is 11.9 Å². The van der Waals surface area contributed by atoms with Gasteiger partial charge < -0.3 is 14.4 Å². The Morgan fingerprint density at radius 1 is 1.33 bits per heavy atom. The summed E-state index contributed by atoms with van der Waals surface area (Å²) in [6, 6.07) is 0. The van der Waals surface area contributed by atoms with Gasteiger partial charge in [0.1, 0.15) is 12.2 Å². The van der Waals surface area contributed by atoms with Crippen molar-refractivity contribution in [1.29, 1.82) is 0 Å². The van der Waals surface area contributed by atoms with Crippen LogP contribution in [0.2, 0.25) is 0 Å². The lowest BCUT2D eigenvalue weighted by Gasteiger charge is -2.24. The van der Waals surface area contributed by atoms with Gasteiger partial charge in [0.05, 0.1) is 0 Å². The van der Waals surface area contributed by atoms with Gasteiger partial charge in [-0.05, 0) is 33.1 Å². The highest BCUT2D eigenvalue weighted by atomic mass is 16.6. The highest BCUT2D eigenvalue weighted by Gasteiger charge is 2.30. The third-order valence-corrected chi connectivity index (χ3v) is 2.76. The standard InChI is InChI=1S/C13H23NO4/c1-13(2,3)18-12(16)14-6-5-10(8-14)7-11(15)9-17-4/h10H,5-9H2,1-4H3. The summed E-state index contributed by atoms with van der Waals surface area (Å²) >= 11 is 0. The van der Waals surface area contributed by atoms with E-state index >= 15 is 0 Å². The summed E-state index contributed by atoms with van der Waals surface area (Å²) < 4.78 is 10.1. The normalized spacial score (nSPS) is 20.0. The van der Waals surface area contributed by atoms with Crippen LogP contribution in [-0.4, -0.2) is 49.2 Å². The number of Topliss-reactive ketones (excluding diaryl/α,β-unsaturated/α-hetero) is 1. The molecular weight excluding hydrogens is 234 g/mol. The molecule has 0 aromatic carbocycles. The number of amides is 1. The van der Waals surface area contributed by atoms with E-state index in [-0.39, 0.29) is 24.4 Å². The van der Waals surface area contributed by atoms with Crippen molar-refractivity contribution in [3.8, 4) is 0 Å². The molecule has 1 rings (SSSR count). The predicted octanol–water partition coefficient (Wildman–Crippen LogP) is 1.85. The predicted molar refractivity (Wildman–Crippen MR) is 67.4 cm³/mol. The van der Waals surface area contributed by atoms with E-state index in [1.807, 2.05) is 20.8 Å². The molecule has 104 valence electrons. The first kappa shape index (κ1) is 15.0. The molecule has 0 spiro atoms. The lowest BCUT2D eigenvalue weighted by Crippen LogP contribution is -2.35. The number of hydrogen-bond donors (Lipinski definition) is 0. The van der Waals surface area contributed by atoms with E-state index in [1.165, 1.54) is 7.11 Å². The number of ether oxygens (including phenoxy) is 2. The van der Waals surface area contributed by atoms with E-state index in [0.29, 0.717) is 19.5 Å². The van der Waals surface area contributed by atoms with Crippen molar-refractivity contribution in [3.05, 3.63) is 0 Å². The van der Waals surface area contributed by atoms with Crippen LogP contribution in [0.15, 0.2) is 0 Å². The number of rotatable bonds is 4. The quantitative estimate of drug-likeness (QED) is 0.771. The Kier molecular flexibility index (Phi) is 5.14. The van der Waals surface area contributed by atoms with Gasteiger partial charge in [-0.25, -0.2) is 4.79 Å². The average molecular weight is 257 g/mol. The van der Waals surface area contributed by atoms with Gasteiger partial charge in [0.15, 0.2) is 5.78 Å². The molecule has 0 bridgehead atoms. The first-order valence-electron chi connectivity index (χ1n) is 6.30. The number of nitrogens with zero attached hydrogens (tertiary/aromatic N) is 1. The molecule has 1 amide bonds. The van der Waals surface area contributed by atoms with Crippen LogP contribution in [-0.2, 0) is 14.3 Å². The first-order valence-corrected chi connectivity index (χ1v) is 6.30. The third kappa shape index (κ3) is 5.04. The molecule has 0 N–H and O–H groups in total. The second kappa shape index (κ2) is 6.18. The van der Waals surface area contributed by atoms with Gasteiger partial charge in [-0.3, -0.25) is 4.79 Å². The second-order valence-corrected chi connectivity index (χ2v) is 5.76. The molecule has 0 radical (unpaired) electrons. The van der Waals surface area contributed by atoms with E-state index in [2.05, 4.69) is 0 Å². The van der Waals surface area contributed by atoms with Crippen molar-refractivity contribution in [1.82, 2.24) is 4.90 Å². The molecule has 0 aromatic rings. The van der Waals surface area contributed by atoms with Gasteiger partial charge in [-0.15, -0.1) is 0 Å². The van der Waals surface area contributed by atoms with E-state index < -0.39 is 5.60 Å².